The Balaban J connectivity index is 1.63. The molecular formula is C44H53Cl2SiZr. The average Bonchev–Trinajstić information content (AvgIpc) is 3.66. The van der Waals surface area contributed by atoms with Crippen LogP contribution in [0.2, 0.25) is 13.1 Å². The van der Waals surface area contributed by atoms with Crippen LogP contribution in [0.3, 0.4) is 0 Å². The Hall–Kier alpha value is -1.96. The van der Waals surface area contributed by atoms with Crippen molar-refractivity contribution in [3.8, 4) is 22.3 Å². The molecule has 0 aromatic heterocycles. The molecule has 2 aliphatic rings. The Kier molecular flexibility index (Phi) is 9.93. The van der Waals surface area contributed by atoms with E-state index < -0.39 is 21.5 Å². The number of allylic oxidation sites excluding steroid dienone is 2. The van der Waals surface area contributed by atoms with Crippen molar-refractivity contribution in [1.29, 1.82) is 0 Å². The molecule has 0 nitrogen and oxygen atoms in total. The summed E-state index contributed by atoms with van der Waals surface area (Å²) in [6.45, 7) is 23.5. The zero-order valence-corrected chi connectivity index (χ0v) is 35.7. The van der Waals surface area contributed by atoms with Crippen molar-refractivity contribution >= 4 is 35.1 Å². The zero-order chi connectivity index (χ0) is 34.7. The van der Waals surface area contributed by atoms with E-state index in [1.165, 1.54) is 66.8 Å². The molecule has 48 heavy (non-hydrogen) atoms. The summed E-state index contributed by atoms with van der Waals surface area (Å²) in [5.41, 5.74) is 16.3. The number of hydrogen-bond donors (Lipinski definition) is 0. The molecule has 0 amide bonds. The third-order valence-electron chi connectivity index (χ3n) is 11.5. The van der Waals surface area contributed by atoms with Gasteiger partial charge < -0.3 is 0 Å². The molecule has 4 aromatic carbocycles. The van der Waals surface area contributed by atoms with E-state index in [1.54, 1.807) is 0 Å². The van der Waals surface area contributed by atoms with Crippen LogP contribution < -0.4 is 0 Å². The fraction of sp³-hybridized carbons (Fsp3) is 0.364. The van der Waals surface area contributed by atoms with Gasteiger partial charge in [-0.3, -0.25) is 0 Å². The van der Waals surface area contributed by atoms with E-state index >= 15 is 0 Å². The monoisotopic (exact) mass is 769 g/mol. The van der Waals surface area contributed by atoms with Crippen molar-refractivity contribution in [3.05, 3.63) is 129 Å². The van der Waals surface area contributed by atoms with Gasteiger partial charge in [0.2, 0.25) is 0 Å². The van der Waals surface area contributed by atoms with Crippen molar-refractivity contribution in [2.75, 3.05) is 0 Å². The minimum atomic E-state index is -4.91. The van der Waals surface area contributed by atoms with Gasteiger partial charge >= 0.3 is 302 Å². The summed E-state index contributed by atoms with van der Waals surface area (Å²) in [4.78, 5) is 0. The molecule has 0 radical (unpaired) electrons. The van der Waals surface area contributed by atoms with Crippen LogP contribution in [0.15, 0.2) is 96.1 Å². The van der Waals surface area contributed by atoms with Crippen molar-refractivity contribution in [2.24, 2.45) is 11.8 Å². The molecule has 0 saturated carbocycles. The summed E-state index contributed by atoms with van der Waals surface area (Å²) in [6.07, 6.45) is 5.02. The van der Waals surface area contributed by atoms with Gasteiger partial charge in [-0.25, -0.2) is 0 Å². The number of benzene rings is 4. The molecular weight excluding hydrogens is 719 g/mol. The molecule has 0 saturated heterocycles. The topological polar surface area (TPSA) is 0 Å². The second-order valence-electron chi connectivity index (χ2n) is 15.9. The van der Waals surface area contributed by atoms with Crippen molar-refractivity contribution in [1.82, 2.24) is 0 Å². The van der Waals surface area contributed by atoms with Crippen LogP contribution in [0, 0.1) is 11.8 Å². The van der Waals surface area contributed by atoms with E-state index in [1.807, 2.05) is 0 Å². The second-order valence-corrected chi connectivity index (χ2v) is 58.5. The number of halogens is 2. The molecule has 4 heteroatoms. The maximum absolute atomic E-state index is 8.79. The fourth-order valence-corrected chi connectivity index (χ4v) is 40.4. The van der Waals surface area contributed by atoms with Crippen LogP contribution >= 0.6 is 17.0 Å². The van der Waals surface area contributed by atoms with Gasteiger partial charge in [0.1, 0.15) is 0 Å². The van der Waals surface area contributed by atoms with Crippen LogP contribution in [0.5, 0.6) is 0 Å². The van der Waals surface area contributed by atoms with E-state index in [2.05, 4.69) is 166 Å². The summed E-state index contributed by atoms with van der Waals surface area (Å²) in [6, 6.07) is 31.8. The second kappa shape index (κ2) is 13.3. The van der Waals surface area contributed by atoms with Gasteiger partial charge in [-0.15, -0.1) is 0 Å². The summed E-state index contributed by atoms with van der Waals surface area (Å²) in [5, 5.41) is 0. The number of rotatable bonds is 9. The van der Waals surface area contributed by atoms with Gasteiger partial charge in [-0.2, -0.15) is 0 Å². The molecule has 251 valence electrons. The fourth-order valence-electron chi connectivity index (χ4n) is 8.88. The maximum atomic E-state index is 8.79. The Morgan fingerprint density at radius 1 is 0.479 bits per heavy atom. The molecule has 0 bridgehead atoms. The predicted octanol–water partition coefficient (Wildman–Crippen LogP) is 14.1. The summed E-state index contributed by atoms with van der Waals surface area (Å²) in [7, 11) is 17.6. The van der Waals surface area contributed by atoms with Gasteiger partial charge in [-0.1, -0.05) is 0 Å². The van der Waals surface area contributed by atoms with Crippen LogP contribution in [0.1, 0.15) is 108 Å². The van der Waals surface area contributed by atoms with E-state index in [9.17, 15) is 0 Å². The first-order valence-corrected chi connectivity index (χ1v) is 34.4. The Bertz CT molecular complexity index is 1790. The summed E-state index contributed by atoms with van der Waals surface area (Å²) < 4.78 is 0.152. The van der Waals surface area contributed by atoms with Gasteiger partial charge in [0.25, 0.3) is 0 Å². The van der Waals surface area contributed by atoms with Gasteiger partial charge in [-0.05, 0) is 0 Å². The minimum absolute atomic E-state index is 0.0762. The molecule has 0 fully saturated rings. The molecule has 0 N–H and O–H groups in total. The molecule has 0 heterocycles. The standard InChI is InChI=1S/2C21H23.C2H7Si.2ClH.Zr/c2*1-14(2)17-12-16-8-7-11-20(21(16)13-17)19-10-6-5-9-18(19)15(3)4;1-3-2;;;/h2*5-15H,1-4H3;3H,1-2H3;2*1H;/q;;;;;+2/p-2. The first-order valence-electron chi connectivity index (χ1n) is 18.1. The quantitative estimate of drug-likeness (QED) is 0.149. The van der Waals surface area contributed by atoms with Gasteiger partial charge in [0.15, 0.2) is 0 Å². The van der Waals surface area contributed by atoms with Crippen LogP contribution in [-0.2, 0) is 15.6 Å². The first-order chi connectivity index (χ1) is 22.7. The van der Waals surface area contributed by atoms with Crippen LogP contribution in [0.4, 0.5) is 0 Å². The first kappa shape index (κ1) is 35.9. The Morgan fingerprint density at radius 3 is 1.17 bits per heavy atom. The molecule has 2 atom stereocenters. The molecule has 4 aromatic rings. The molecule has 6 rings (SSSR count). The van der Waals surface area contributed by atoms with E-state index in [0.29, 0.717) is 23.7 Å². The predicted molar refractivity (Wildman–Crippen MR) is 214 cm³/mol. The summed E-state index contributed by atoms with van der Waals surface area (Å²) >= 11 is -4.91. The van der Waals surface area contributed by atoms with E-state index in [-0.39, 0.29) is 7.25 Å². The number of fused-ring (bicyclic) bond motifs is 2. The van der Waals surface area contributed by atoms with Crippen molar-refractivity contribution < 1.29 is 15.6 Å². The Morgan fingerprint density at radius 2 is 0.833 bits per heavy atom. The van der Waals surface area contributed by atoms with Gasteiger partial charge in [0, 0.05) is 0 Å². The molecule has 2 aliphatic carbocycles. The molecule has 0 aliphatic heterocycles. The van der Waals surface area contributed by atoms with Crippen molar-refractivity contribution in [2.45, 2.75) is 87.6 Å². The van der Waals surface area contributed by atoms with Crippen LogP contribution in [0.25, 0.3) is 34.4 Å². The third kappa shape index (κ3) is 5.66. The zero-order valence-electron chi connectivity index (χ0n) is 30.5. The van der Waals surface area contributed by atoms with Crippen LogP contribution in [-0.4, -0.2) is 5.92 Å². The Labute approximate surface area is 299 Å². The summed E-state index contributed by atoms with van der Waals surface area (Å²) in [5.74, 6) is -0.133. The molecule has 0 spiro atoms. The average molecular weight is 772 g/mol. The SMILES string of the molecule is CC(C)C1=Cc2c(-c3ccccc3C(C)C)cccc2[CH]1[Zr]([Cl])([Cl])([CH]1C(C(C)C)=Cc2c(-c3ccccc3C(C)C)cccc21)[SiH](C)C. The normalized spacial score (nSPS) is 18.4. The number of hydrogen-bond acceptors (Lipinski definition) is 0. The van der Waals surface area contributed by atoms with Gasteiger partial charge in [0.05, 0.1) is 0 Å². The third-order valence-corrected chi connectivity index (χ3v) is 63.1. The van der Waals surface area contributed by atoms with E-state index in [0.717, 1.165) is 0 Å². The molecule has 2 unspecified atom stereocenters. The van der Waals surface area contributed by atoms with E-state index in [4.69, 9.17) is 17.0 Å². The van der Waals surface area contributed by atoms with Crippen molar-refractivity contribution in [3.63, 3.8) is 0 Å².